The van der Waals surface area contributed by atoms with Gasteiger partial charge in [-0.3, -0.25) is 5.10 Å². The number of rotatable bonds is 8. The van der Waals surface area contributed by atoms with Crippen molar-refractivity contribution in [1.29, 1.82) is 0 Å². The van der Waals surface area contributed by atoms with Crippen LogP contribution in [0.5, 0.6) is 5.88 Å². The molecule has 0 aromatic carbocycles. The van der Waals surface area contributed by atoms with E-state index in [1.807, 2.05) is 0 Å². The van der Waals surface area contributed by atoms with Crippen LogP contribution in [-0.2, 0) is 16.8 Å². The normalized spacial score (nSPS) is 26.0. The molecule has 0 radical (unpaired) electrons. The van der Waals surface area contributed by atoms with Gasteiger partial charge in [0.1, 0.15) is 5.82 Å². The van der Waals surface area contributed by atoms with Crippen molar-refractivity contribution >= 4 is 27.8 Å². The van der Waals surface area contributed by atoms with Crippen molar-refractivity contribution in [3.8, 4) is 5.88 Å². The van der Waals surface area contributed by atoms with Gasteiger partial charge in [0, 0.05) is 43.3 Å². The first kappa shape index (κ1) is 21.4. The number of aromatic amines is 1. The third kappa shape index (κ3) is 4.00. The Balaban J connectivity index is 1.29. The molecule has 0 saturated carbocycles. The van der Waals surface area contributed by atoms with Crippen LogP contribution >= 0.6 is 0 Å². The highest BCUT2D eigenvalue weighted by Gasteiger charge is 2.49. The third-order valence-electron chi connectivity index (χ3n) is 6.38. The number of methoxy groups -OCH3 is 1. The van der Waals surface area contributed by atoms with E-state index in [0.717, 1.165) is 19.3 Å². The first-order chi connectivity index (χ1) is 15.5. The molecule has 2 aromatic heterocycles. The standard InChI is InChI=1S/C19H28N8O4S/c1-31-18-10-16(21-17-9-13(11-28)24-25-17)22-19(23-18)20-12-7-14-3-4-15(8-12)27(14)32(29,30)26-5-2-6-26/h9-10,12,14-15,28H,2-8,11H2,1H3,(H3,20,21,22,23,24,25)/t12?,14-,15+. The van der Waals surface area contributed by atoms with E-state index >= 15 is 0 Å². The van der Waals surface area contributed by atoms with Gasteiger partial charge >= 0.3 is 0 Å². The van der Waals surface area contributed by atoms with E-state index in [0.29, 0.717) is 55.1 Å². The van der Waals surface area contributed by atoms with Gasteiger partial charge < -0.3 is 20.5 Å². The van der Waals surface area contributed by atoms with Crippen molar-refractivity contribution in [2.24, 2.45) is 0 Å². The van der Waals surface area contributed by atoms with Gasteiger partial charge in [0.2, 0.25) is 11.8 Å². The molecule has 0 spiro atoms. The topological polar surface area (TPSA) is 149 Å². The molecule has 2 aromatic rings. The number of hydrogen-bond acceptors (Lipinski definition) is 9. The van der Waals surface area contributed by atoms with Crippen LogP contribution < -0.4 is 15.4 Å². The summed E-state index contributed by atoms with van der Waals surface area (Å²) >= 11 is 0. The lowest BCUT2D eigenvalue weighted by Crippen LogP contribution is -2.57. The fourth-order valence-corrected chi connectivity index (χ4v) is 6.88. The third-order valence-corrected chi connectivity index (χ3v) is 8.52. The van der Waals surface area contributed by atoms with Gasteiger partial charge in [0.05, 0.1) is 19.4 Å². The number of aliphatic hydroxyl groups excluding tert-OH is 1. The number of hydrogen-bond donors (Lipinski definition) is 4. The van der Waals surface area contributed by atoms with E-state index in [1.54, 1.807) is 20.7 Å². The van der Waals surface area contributed by atoms with Crippen molar-refractivity contribution in [1.82, 2.24) is 28.8 Å². The lowest BCUT2D eigenvalue weighted by atomic mass is 10.00. The fraction of sp³-hybridized carbons (Fsp3) is 0.632. The number of aliphatic hydroxyl groups is 1. The number of aromatic nitrogens is 4. The number of nitrogens with one attached hydrogen (secondary N) is 3. The van der Waals surface area contributed by atoms with Gasteiger partial charge in [0.15, 0.2) is 5.82 Å². The van der Waals surface area contributed by atoms with Gasteiger partial charge in [-0.25, -0.2) is 0 Å². The molecule has 3 atom stereocenters. The Morgan fingerprint density at radius 1 is 1.19 bits per heavy atom. The van der Waals surface area contributed by atoms with E-state index in [-0.39, 0.29) is 24.7 Å². The second-order valence-corrected chi connectivity index (χ2v) is 10.3. The van der Waals surface area contributed by atoms with Crippen molar-refractivity contribution in [2.45, 2.75) is 56.8 Å². The van der Waals surface area contributed by atoms with Crippen LogP contribution in [0.4, 0.5) is 17.6 Å². The molecule has 5 rings (SSSR count). The summed E-state index contributed by atoms with van der Waals surface area (Å²) in [5, 5.41) is 22.5. The van der Waals surface area contributed by atoms with Crippen LogP contribution in [-0.4, -0.2) is 80.6 Å². The zero-order chi connectivity index (χ0) is 22.3. The van der Waals surface area contributed by atoms with E-state index in [2.05, 4.69) is 30.8 Å². The van der Waals surface area contributed by atoms with E-state index in [1.165, 1.54) is 7.11 Å². The maximum atomic E-state index is 13.0. The molecule has 3 aliphatic rings. The minimum Gasteiger partial charge on any atom is -0.481 e. The summed E-state index contributed by atoms with van der Waals surface area (Å²) in [5.41, 5.74) is 0.585. The number of nitrogens with zero attached hydrogens (tertiary/aromatic N) is 5. The predicted octanol–water partition coefficient (Wildman–Crippen LogP) is 0.802. The van der Waals surface area contributed by atoms with E-state index in [4.69, 9.17) is 4.74 Å². The number of anilines is 3. The molecule has 4 N–H and O–H groups in total. The maximum Gasteiger partial charge on any atom is 0.282 e. The van der Waals surface area contributed by atoms with E-state index < -0.39 is 10.2 Å². The molecule has 0 aliphatic carbocycles. The van der Waals surface area contributed by atoms with Gasteiger partial charge in [-0.1, -0.05) is 0 Å². The van der Waals surface area contributed by atoms with Crippen molar-refractivity contribution in [2.75, 3.05) is 30.8 Å². The lowest BCUT2D eigenvalue weighted by Gasteiger charge is -2.42. The van der Waals surface area contributed by atoms with Gasteiger partial charge in [-0.05, 0) is 32.1 Å². The summed E-state index contributed by atoms with van der Waals surface area (Å²) in [4.78, 5) is 8.93. The summed E-state index contributed by atoms with van der Waals surface area (Å²) in [6.45, 7) is 1.12. The molecule has 1 unspecified atom stereocenters. The zero-order valence-electron chi connectivity index (χ0n) is 17.9. The fourth-order valence-electron chi connectivity index (χ4n) is 4.76. The predicted molar refractivity (Wildman–Crippen MR) is 117 cm³/mol. The summed E-state index contributed by atoms with van der Waals surface area (Å²) in [6.07, 6.45) is 4.13. The van der Waals surface area contributed by atoms with Gasteiger partial charge in [0.25, 0.3) is 10.2 Å². The molecule has 32 heavy (non-hydrogen) atoms. The summed E-state index contributed by atoms with van der Waals surface area (Å²) in [7, 11) is -1.82. The Bertz CT molecular complexity index is 1060. The second kappa shape index (κ2) is 8.46. The van der Waals surface area contributed by atoms with Crippen LogP contribution in [0.15, 0.2) is 12.1 Å². The summed E-state index contributed by atoms with van der Waals surface area (Å²) in [5.74, 6) is 1.82. The van der Waals surface area contributed by atoms with Gasteiger partial charge in [-0.2, -0.15) is 32.1 Å². The summed E-state index contributed by atoms with van der Waals surface area (Å²) < 4.78 is 34.6. The van der Waals surface area contributed by atoms with Crippen LogP contribution in [0.2, 0.25) is 0 Å². The van der Waals surface area contributed by atoms with Crippen molar-refractivity contribution < 1.29 is 18.3 Å². The van der Waals surface area contributed by atoms with Crippen molar-refractivity contribution in [3.63, 3.8) is 0 Å². The second-order valence-electron chi connectivity index (χ2n) is 8.47. The molecule has 3 fully saturated rings. The highest BCUT2D eigenvalue weighted by molar-refractivity contribution is 7.86. The SMILES string of the molecule is COc1cc(Nc2cc(CO)[nH]n2)nc(NC2C[C@H]3CC[C@@H](C2)N3S(=O)(=O)N2CCC2)n1. The maximum absolute atomic E-state index is 13.0. The first-order valence-electron chi connectivity index (χ1n) is 10.9. The number of H-pyrrole nitrogens is 1. The van der Waals surface area contributed by atoms with Crippen LogP contribution in [0, 0.1) is 0 Å². The molecule has 12 nitrogen and oxygen atoms in total. The highest BCUT2D eigenvalue weighted by atomic mass is 32.2. The average Bonchev–Trinajstić information content (AvgIpc) is 3.28. The molecule has 3 saturated heterocycles. The largest absolute Gasteiger partial charge is 0.481 e. The molecule has 2 bridgehead atoms. The number of piperidine rings is 1. The van der Waals surface area contributed by atoms with Gasteiger partial charge in [-0.15, -0.1) is 0 Å². The molecular formula is C19H28N8O4S. The Morgan fingerprint density at radius 2 is 1.94 bits per heavy atom. The monoisotopic (exact) mass is 464 g/mol. The molecule has 3 aliphatic heterocycles. The Morgan fingerprint density at radius 3 is 2.53 bits per heavy atom. The Hall–Kier alpha value is -2.48. The Kier molecular flexibility index (Phi) is 5.65. The lowest BCUT2D eigenvalue weighted by molar-refractivity contribution is 0.199. The molecule has 174 valence electrons. The number of ether oxygens (including phenoxy) is 1. The summed E-state index contributed by atoms with van der Waals surface area (Å²) in [6, 6.07) is 3.42. The quantitative estimate of drug-likeness (QED) is 0.445. The van der Waals surface area contributed by atoms with Crippen LogP contribution in [0.3, 0.4) is 0 Å². The number of fused-ring (bicyclic) bond motifs is 2. The molecular weight excluding hydrogens is 436 g/mol. The first-order valence-corrected chi connectivity index (χ1v) is 12.3. The van der Waals surface area contributed by atoms with E-state index in [9.17, 15) is 13.5 Å². The average molecular weight is 465 g/mol. The smallest absolute Gasteiger partial charge is 0.282 e. The minimum atomic E-state index is -3.36. The molecule has 0 amide bonds. The van der Waals surface area contributed by atoms with Crippen LogP contribution in [0.1, 0.15) is 37.8 Å². The van der Waals surface area contributed by atoms with Crippen molar-refractivity contribution in [3.05, 3.63) is 17.8 Å². The highest BCUT2D eigenvalue weighted by Crippen LogP contribution is 2.40. The molecule has 13 heteroatoms. The zero-order valence-corrected chi connectivity index (χ0v) is 18.7. The molecule has 5 heterocycles. The Labute approximate surface area is 186 Å². The van der Waals surface area contributed by atoms with Crippen LogP contribution in [0.25, 0.3) is 0 Å². The minimum absolute atomic E-state index is 0.000937.